The number of aromatic nitrogens is 1. The number of nitrogens with zero attached hydrogens (tertiary/aromatic N) is 1. The zero-order valence-corrected chi connectivity index (χ0v) is 23.7. The third kappa shape index (κ3) is 5.67. The van der Waals surface area contributed by atoms with Crippen molar-refractivity contribution >= 4 is 34.4 Å². The van der Waals surface area contributed by atoms with Gasteiger partial charge in [-0.25, -0.2) is 4.98 Å². The quantitative estimate of drug-likeness (QED) is 0.216. The van der Waals surface area contributed by atoms with Crippen LogP contribution in [0, 0.1) is 0 Å². The Balaban J connectivity index is 1.13. The van der Waals surface area contributed by atoms with Crippen molar-refractivity contribution in [1.29, 1.82) is 0 Å². The first-order valence-electron chi connectivity index (χ1n) is 13.2. The van der Waals surface area contributed by atoms with E-state index in [1.165, 1.54) is 11.3 Å². The Hall–Kier alpha value is -4.63. The van der Waals surface area contributed by atoms with Gasteiger partial charge < -0.3 is 24.8 Å². The second kappa shape index (κ2) is 10.7. The first kappa shape index (κ1) is 26.6. The van der Waals surface area contributed by atoms with Crippen molar-refractivity contribution < 1.29 is 23.8 Å². The molecule has 1 amide bonds. The summed E-state index contributed by atoms with van der Waals surface area (Å²) in [6, 6.07) is 20.2. The number of methoxy groups -OCH3 is 1. The van der Waals surface area contributed by atoms with Crippen LogP contribution in [0.25, 0.3) is 5.70 Å². The number of hydrogen-bond donors (Lipinski definition) is 2. The lowest BCUT2D eigenvalue weighted by Gasteiger charge is -2.35. The molecule has 1 atom stereocenters. The molecule has 3 aromatic carbocycles. The number of nitrogens with one attached hydrogen (secondary N) is 2. The van der Waals surface area contributed by atoms with E-state index >= 15 is 0 Å². The van der Waals surface area contributed by atoms with Crippen molar-refractivity contribution in [3.05, 3.63) is 106 Å². The molecule has 1 aromatic heterocycles. The molecule has 8 nitrogen and oxygen atoms in total. The highest BCUT2D eigenvalue weighted by molar-refractivity contribution is 7.09. The first-order valence-corrected chi connectivity index (χ1v) is 14.1. The number of para-hydroxylation sites is 2. The van der Waals surface area contributed by atoms with Crippen LogP contribution in [0.5, 0.6) is 17.2 Å². The number of ether oxygens (including phenoxy) is 3. The maximum atomic E-state index is 13.2. The summed E-state index contributed by atoms with van der Waals surface area (Å²) in [4.78, 5) is 30.6. The summed E-state index contributed by atoms with van der Waals surface area (Å²) in [7, 11) is 1.63. The van der Waals surface area contributed by atoms with E-state index in [4.69, 9.17) is 14.2 Å². The van der Waals surface area contributed by atoms with Gasteiger partial charge in [-0.15, -0.1) is 11.3 Å². The third-order valence-electron chi connectivity index (χ3n) is 6.95. The van der Waals surface area contributed by atoms with Crippen LogP contribution in [0.4, 0.5) is 5.69 Å². The number of allylic oxidation sites excluding steroid dienone is 1. The summed E-state index contributed by atoms with van der Waals surface area (Å²) < 4.78 is 17.2. The number of hydrogen-bond acceptors (Lipinski definition) is 8. The lowest BCUT2D eigenvalue weighted by molar-refractivity contribution is 0.0906. The maximum absolute atomic E-state index is 13.2. The molecule has 0 radical (unpaired) electrons. The molecule has 2 N–H and O–H groups in total. The Kier molecular flexibility index (Phi) is 6.96. The fourth-order valence-corrected chi connectivity index (χ4v) is 5.77. The van der Waals surface area contributed by atoms with Crippen molar-refractivity contribution in [2.75, 3.05) is 19.0 Å². The van der Waals surface area contributed by atoms with E-state index in [0.717, 1.165) is 29.0 Å². The summed E-state index contributed by atoms with van der Waals surface area (Å²) in [6.45, 7) is 4.54. The first-order chi connectivity index (χ1) is 19.8. The lowest BCUT2D eigenvalue weighted by atomic mass is 9.85. The molecule has 0 bridgehead atoms. The van der Waals surface area contributed by atoms with E-state index in [0.29, 0.717) is 34.4 Å². The normalized spacial score (nSPS) is 17.7. The second-order valence-corrected chi connectivity index (χ2v) is 11.5. The van der Waals surface area contributed by atoms with Crippen LogP contribution in [0.3, 0.4) is 0 Å². The molecule has 0 saturated heterocycles. The highest BCUT2D eigenvalue weighted by Crippen LogP contribution is 2.37. The van der Waals surface area contributed by atoms with Crippen LogP contribution in [0.15, 0.2) is 78.2 Å². The predicted molar refractivity (Wildman–Crippen MR) is 158 cm³/mol. The van der Waals surface area contributed by atoms with Crippen LogP contribution in [-0.2, 0) is 6.42 Å². The van der Waals surface area contributed by atoms with E-state index < -0.39 is 0 Å². The molecule has 2 aliphatic heterocycles. The van der Waals surface area contributed by atoms with E-state index in [9.17, 15) is 9.59 Å². The van der Waals surface area contributed by atoms with Gasteiger partial charge >= 0.3 is 0 Å². The molecule has 0 spiro atoms. The van der Waals surface area contributed by atoms with Gasteiger partial charge in [0.05, 0.1) is 7.11 Å². The predicted octanol–water partition coefficient (Wildman–Crippen LogP) is 6.06. The minimum absolute atomic E-state index is 0.141. The molecule has 0 aliphatic carbocycles. The zero-order chi connectivity index (χ0) is 28.6. The second-order valence-electron chi connectivity index (χ2n) is 10.6. The molecule has 4 aromatic rings. The average Bonchev–Trinajstić information content (AvgIpc) is 3.47. The Morgan fingerprint density at radius 2 is 1.88 bits per heavy atom. The van der Waals surface area contributed by atoms with Crippen molar-refractivity contribution in [2.24, 2.45) is 0 Å². The van der Waals surface area contributed by atoms with Crippen LogP contribution < -0.4 is 24.8 Å². The summed E-state index contributed by atoms with van der Waals surface area (Å²) in [6.07, 6.45) is 2.08. The van der Waals surface area contributed by atoms with Gasteiger partial charge in [-0.2, -0.15) is 0 Å². The number of thiazole rings is 1. The van der Waals surface area contributed by atoms with Crippen molar-refractivity contribution in [3.8, 4) is 17.2 Å². The van der Waals surface area contributed by atoms with Gasteiger partial charge in [-0.05, 0) is 74.4 Å². The van der Waals surface area contributed by atoms with E-state index in [2.05, 4.69) is 29.5 Å². The number of anilines is 1. The smallest absolute Gasteiger partial charge is 0.275 e. The summed E-state index contributed by atoms with van der Waals surface area (Å²) in [5, 5.41) is 8.71. The van der Waals surface area contributed by atoms with Gasteiger partial charge in [0.15, 0.2) is 23.4 Å². The molecular weight excluding hydrogens is 538 g/mol. The van der Waals surface area contributed by atoms with E-state index in [-0.39, 0.29) is 29.0 Å². The number of rotatable bonds is 6. The summed E-state index contributed by atoms with van der Waals surface area (Å²) in [5.41, 5.74) is 4.04. The molecule has 2 aliphatic rings. The molecule has 0 saturated carbocycles. The fourth-order valence-electron chi connectivity index (χ4n) is 4.96. The summed E-state index contributed by atoms with van der Waals surface area (Å²) >= 11 is 1.35. The lowest BCUT2D eigenvalue weighted by Crippen LogP contribution is -2.43. The van der Waals surface area contributed by atoms with Gasteiger partial charge in [-0.3, -0.25) is 9.59 Å². The number of amides is 1. The maximum Gasteiger partial charge on any atom is 0.275 e. The van der Waals surface area contributed by atoms with Gasteiger partial charge in [-0.1, -0.05) is 18.2 Å². The highest BCUT2D eigenvalue weighted by atomic mass is 32.1. The number of benzene rings is 3. The average molecular weight is 568 g/mol. The molecule has 208 valence electrons. The number of fused-ring (bicyclic) bond motifs is 2. The van der Waals surface area contributed by atoms with E-state index in [1.54, 1.807) is 42.8 Å². The van der Waals surface area contributed by atoms with Crippen LogP contribution >= 0.6 is 11.3 Å². The van der Waals surface area contributed by atoms with Gasteiger partial charge in [0.2, 0.25) is 0 Å². The van der Waals surface area contributed by atoms with Crippen LogP contribution in [0.1, 0.15) is 56.9 Å². The number of ketones is 1. The minimum atomic E-state index is -0.381. The number of carbonyl (C=O) groups excluding carboxylic acids is 2. The van der Waals surface area contributed by atoms with Crippen molar-refractivity contribution in [1.82, 2.24) is 10.3 Å². The monoisotopic (exact) mass is 567 g/mol. The van der Waals surface area contributed by atoms with Crippen molar-refractivity contribution in [3.63, 3.8) is 0 Å². The summed E-state index contributed by atoms with van der Waals surface area (Å²) in [5.74, 6) is 1.60. The minimum Gasteiger partial charge on any atom is -0.497 e. The third-order valence-corrected chi connectivity index (χ3v) is 7.89. The number of carbonyl (C=O) groups is 2. The molecular formula is C32H29N3O5S. The van der Waals surface area contributed by atoms with Gasteiger partial charge in [0.1, 0.15) is 23.1 Å². The largest absolute Gasteiger partial charge is 0.497 e. The van der Waals surface area contributed by atoms with Gasteiger partial charge in [0, 0.05) is 39.5 Å². The van der Waals surface area contributed by atoms with Crippen molar-refractivity contribution in [2.45, 2.75) is 31.9 Å². The molecule has 1 unspecified atom stereocenters. The standard InChI is InChI=1S/C32H29N3O5S/c1-32(2)16-20-10-13-22(38-3)14-23(20)24(35-32)15-26(36)19-8-11-21(12-9-19)33-30(37)25-18-41-31(34-25)29-17-39-27-6-4-5-7-28(27)40-29/h4-15,18,29,35H,16-17H2,1-3H3,(H,33,37). The van der Waals surface area contributed by atoms with Crippen LogP contribution in [0.2, 0.25) is 0 Å². The van der Waals surface area contributed by atoms with Crippen LogP contribution in [-0.4, -0.2) is 35.9 Å². The molecule has 3 heterocycles. The molecule has 0 fully saturated rings. The SMILES string of the molecule is COc1ccc2c(c1)C(=CC(=O)c1ccc(NC(=O)c3csc(C4COc5ccccc5O4)n3)cc1)NC(C)(C)C2. The fraction of sp³-hybridized carbons (Fsp3) is 0.219. The Bertz CT molecular complexity index is 1660. The van der Waals surface area contributed by atoms with E-state index in [1.807, 2.05) is 42.5 Å². The zero-order valence-electron chi connectivity index (χ0n) is 22.9. The topological polar surface area (TPSA) is 98.8 Å². The Morgan fingerprint density at radius 3 is 2.66 bits per heavy atom. The Labute approximate surface area is 242 Å². The molecule has 9 heteroatoms. The molecule has 41 heavy (non-hydrogen) atoms. The Morgan fingerprint density at radius 1 is 1.10 bits per heavy atom. The highest BCUT2D eigenvalue weighted by Gasteiger charge is 2.29. The van der Waals surface area contributed by atoms with Gasteiger partial charge in [0.25, 0.3) is 5.91 Å². The molecule has 6 rings (SSSR count).